The topological polar surface area (TPSA) is 94.5 Å². The molecule has 2 aromatic carbocycles. The van der Waals surface area contributed by atoms with Crippen molar-refractivity contribution in [3.8, 4) is 0 Å². The lowest BCUT2D eigenvalue weighted by atomic mass is 10.0. The summed E-state index contributed by atoms with van der Waals surface area (Å²) in [6, 6.07) is 11.9. The maximum Gasteiger partial charge on any atom is 0.152 e. The summed E-state index contributed by atoms with van der Waals surface area (Å²) in [4.78, 5) is 30.7. The van der Waals surface area contributed by atoms with E-state index in [0.29, 0.717) is 46.6 Å². The summed E-state index contributed by atoms with van der Waals surface area (Å²) in [5.74, 6) is -0.435. The fourth-order valence-corrected chi connectivity index (χ4v) is 4.31. The highest BCUT2D eigenvalue weighted by Crippen LogP contribution is 2.30. The van der Waals surface area contributed by atoms with E-state index in [1.54, 1.807) is 26.0 Å². The highest BCUT2D eigenvalue weighted by Gasteiger charge is 2.15. The lowest BCUT2D eigenvalue weighted by Gasteiger charge is -2.23. The van der Waals surface area contributed by atoms with Crippen LogP contribution < -0.4 is 16.0 Å². The minimum atomic E-state index is -0.435. The maximum atomic E-state index is 14.1. The SMILES string of the molecule is CC.CCN(CC)CCNC.Cc1[nH]c(/C=C(\C=O)c2cc(F)ccc2N(C)Cc2ccc(N)cc2)c(C)c1C=O. The van der Waals surface area contributed by atoms with Crippen molar-refractivity contribution in [2.24, 2.45) is 0 Å². The van der Waals surface area contributed by atoms with Crippen molar-refractivity contribution < 1.29 is 14.0 Å². The Morgan fingerprint density at radius 1 is 1.05 bits per heavy atom. The number of nitrogens with zero attached hydrogens (tertiary/aromatic N) is 2. The fourth-order valence-electron chi connectivity index (χ4n) is 4.31. The first-order valence-corrected chi connectivity index (χ1v) is 14.2. The van der Waals surface area contributed by atoms with Gasteiger partial charge in [0.2, 0.25) is 0 Å². The number of aryl methyl sites for hydroxylation is 1. The van der Waals surface area contributed by atoms with Crippen LogP contribution in [0.4, 0.5) is 15.8 Å². The van der Waals surface area contributed by atoms with E-state index in [-0.39, 0.29) is 0 Å². The molecule has 1 heterocycles. The second-order valence-electron chi connectivity index (χ2n) is 9.43. The van der Waals surface area contributed by atoms with Crippen molar-refractivity contribution in [3.63, 3.8) is 0 Å². The Balaban J connectivity index is 0.000000653. The van der Waals surface area contributed by atoms with Crippen LogP contribution in [0.25, 0.3) is 11.6 Å². The Labute approximate surface area is 245 Å². The monoisotopic (exact) mass is 565 g/mol. The van der Waals surface area contributed by atoms with Gasteiger partial charge in [0, 0.05) is 66.1 Å². The van der Waals surface area contributed by atoms with E-state index in [2.05, 4.69) is 29.0 Å². The van der Waals surface area contributed by atoms with Gasteiger partial charge in [-0.3, -0.25) is 9.59 Å². The number of carbonyl (C=O) groups excluding carboxylic acids is 2. The summed E-state index contributed by atoms with van der Waals surface area (Å²) < 4.78 is 14.1. The van der Waals surface area contributed by atoms with Crippen molar-refractivity contribution in [2.45, 2.75) is 48.1 Å². The van der Waals surface area contributed by atoms with E-state index in [1.807, 2.05) is 57.1 Å². The number of H-pyrrole nitrogens is 1. The number of anilines is 2. The number of nitrogen functional groups attached to an aromatic ring is 1. The molecule has 1 aromatic heterocycles. The average molecular weight is 566 g/mol. The number of hydrogen-bond acceptors (Lipinski definition) is 6. The third-order valence-electron chi connectivity index (χ3n) is 6.73. The van der Waals surface area contributed by atoms with Gasteiger partial charge in [-0.15, -0.1) is 0 Å². The summed E-state index contributed by atoms with van der Waals surface area (Å²) in [5.41, 5.74) is 11.6. The summed E-state index contributed by atoms with van der Waals surface area (Å²) in [5, 5.41) is 3.13. The lowest BCUT2D eigenvalue weighted by Crippen LogP contribution is -2.30. The number of aromatic amines is 1. The largest absolute Gasteiger partial charge is 0.399 e. The molecule has 0 amide bonds. The van der Waals surface area contributed by atoms with Crippen LogP contribution in [0.2, 0.25) is 0 Å². The van der Waals surface area contributed by atoms with E-state index < -0.39 is 5.82 Å². The predicted octanol–water partition coefficient (Wildman–Crippen LogP) is 6.12. The Bertz CT molecular complexity index is 1250. The van der Waals surface area contributed by atoms with Gasteiger partial charge in [-0.05, 0) is 81.5 Å². The third kappa shape index (κ3) is 10.6. The molecular formula is C33H48FN5O2. The van der Waals surface area contributed by atoms with E-state index in [9.17, 15) is 14.0 Å². The molecule has 0 saturated carbocycles. The van der Waals surface area contributed by atoms with Crippen molar-refractivity contribution in [1.29, 1.82) is 0 Å². The highest BCUT2D eigenvalue weighted by atomic mass is 19.1. The maximum absolute atomic E-state index is 14.1. The molecule has 0 aliphatic carbocycles. The van der Waals surface area contributed by atoms with Crippen molar-refractivity contribution in [3.05, 3.63) is 81.9 Å². The molecule has 0 aliphatic heterocycles. The molecule has 3 rings (SSSR count). The lowest BCUT2D eigenvalue weighted by molar-refractivity contribution is -0.103. The number of aldehydes is 2. The first kappa shape index (κ1) is 35.3. The Kier molecular flexibility index (Phi) is 16.0. The van der Waals surface area contributed by atoms with Gasteiger partial charge in [0.05, 0.1) is 0 Å². The fraction of sp³-hybridized carbons (Fsp3) is 0.394. The van der Waals surface area contributed by atoms with Gasteiger partial charge < -0.3 is 25.8 Å². The number of benzene rings is 2. The number of nitrogens with one attached hydrogen (secondary N) is 2. The van der Waals surface area contributed by atoms with Crippen LogP contribution in [0.15, 0.2) is 42.5 Å². The highest BCUT2D eigenvalue weighted by molar-refractivity contribution is 6.15. The molecular weight excluding hydrogens is 517 g/mol. The van der Waals surface area contributed by atoms with E-state index in [0.717, 1.165) is 42.7 Å². The molecule has 0 unspecified atom stereocenters. The van der Waals surface area contributed by atoms with Gasteiger partial charge >= 0.3 is 0 Å². The molecule has 41 heavy (non-hydrogen) atoms. The van der Waals surface area contributed by atoms with Crippen LogP contribution in [0.1, 0.15) is 66.1 Å². The number of nitrogens with two attached hydrogens (primary N) is 1. The molecule has 224 valence electrons. The zero-order valence-electron chi connectivity index (χ0n) is 26.0. The number of aromatic nitrogens is 1. The Morgan fingerprint density at radius 3 is 2.20 bits per heavy atom. The molecule has 4 N–H and O–H groups in total. The smallest absolute Gasteiger partial charge is 0.152 e. The second kappa shape index (κ2) is 18.6. The molecule has 0 radical (unpaired) electrons. The number of carbonyl (C=O) groups is 2. The first-order chi connectivity index (χ1) is 19.7. The van der Waals surface area contributed by atoms with Crippen LogP contribution in [0, 0.1) is 19.7 Å². The van der Waals surface area contributed by atoms with E-state index in [1.165, 1.54) is 18.7 Å². The van der Waals surface area contributed by atoms with Crippen LogP contribution in [-0.2, 0) is 11.3 Å². The number of likely N-dealkylation sites (N-methyl/N-ethyl adjacent to an activating group) is 2. The Hall–Kier alpha value is -3.75. The predicted molar refractivity (Wildman–Crippen MR) is 172 cm³/mol. The number of allylic oxidation sites excluding steroid dienone is 1. The first-order valence-electron chi connectivity index (χ1n) is 14.2. The molecule has 3 aromatic rings. The molecule has 8 heteroatoms. The van der Waals surface area contributed by atoms with E-state index >= 15 is 0 Å². The quantitative estimate of drug-likeness (QED) is 0.139. The summed E-state index contributed by atoms with van der Waals surface area (Å²) in [6.45, 7) is 17.1. The van der Waals surface area contributed by atoms with Crippen LogP contribution in [-0.4, -0.2) is 62.7 Å². The minimum absolute atomic E-state index is 0.315. The average Bonchev–Trinajstić information content (AvgIpc) is 3.26. The number of rotatable bonds is 12. The normalized spacial score (nSPS) is 10.8. The third-order valence-corrected chi connectivity index (χ3v) is 6.73. The summed E-state index contributed by atoms with van der Waals surface area (Å²) in [6.07, 6.45) is 3.14. The molecule has 0 aliphatic rings. The van der Waals surface area contributed by atoms with Gasteiger partial charge in [-0.25, -0.2) is 4.39 Å². The molecule has 0 fully saturated rings. The minimum Gasteiger partial charge on any atom is -0.399 e. The molecule has 0 bridgehead atoms. The number of hydrogen-bond donors (Lipinski definition) is 3. The zero-order valence-corrected chi connectivity index (χ0v) is 26.0. The van der Waals surface area contributed by atoms with E-state index in [4.69, 9.17) is 5.73 Å². The Morgan fingerprint density at radius 2 is 1.68 bits per heavy atom. The van der Waals surface area contributed by atoms with Gasteiger partial charge in [-0.1, -0.05) is 39.8 Å². The van der Waals surface area contributed by atoms with Gasteiger partial charge in [-0.2, -0.15) is 0 Å². The van der Waals surface area contributed by atoms with Crippen molar-refractivity contribution >= 4 is 35.6 Å². The summed E-state index contributed by atoms with van der Waals surface area (Å²) in [7, 11) is 3.87. The standard InChI is InChI=1S/C24H24FN3O2.C7H18N2.C2H6/c1-15-22(14-30)16(2)27-23(15)10-18(13-29)21-11-19(25)6-9-24(21)28(3)12-17-4-7-20(26)8-5-17;1-4-9(5-2)7-6-8-3;1-2/h4-11,13-14,27H,12,26H2,1-3H3;8H,4-7H2,1-3H3;1-2H3/b18-10+;;. The van der Waals surface area contributed by atoms with Crippen molar-refractivity contribution in [2.75, 3.05) is 50.9 Å². The van der Waals surface area contributed by atoms with Crippen molar-refractivity contribution in [1.82, 2.24) is 15.2 Å². The number of halogens is 1. The summed E-state index contributed by atoms with van der Waals surface area (Å²) >= 11 is 0. The van der Waals surface area contributed by atoms with Crippen LogP contribution in [0.5, 0.6) is 0 Å². The second-order valence-corrected chi connectivity index (χ2v) is 9.43. The molecule has 7 nitrogen and oxygen atoms in total. The van der Waals surface area contributed by atoms with Crippen LogP contribution in [0.3, 0.4) is 0 Å². The van der Waals surface area contributed by atoms with Gasteiger partial charge in [0.1, 0.15) is 5.82 Å². The van der Waals surface area contributed by atoms with Gasteiger partial charge in [0.15, 0.2) is 12.6 Å². The molecule has 0 spiro atoms. The van der Waals surface area contributed by atoms with Crippen LogP contribution >= 0.6 is 0 Å². The molecule has 0 saturated heterocycles. The zero-order chi connectivity index (χ0) is 30.9. The van der Waals surface area contributed by atoms with Gasteiger partial charge in [0.25, 0.3) is 0 Å². The molecule has 0 atom stereocenters.